The fraction of sp³-hybridized carbons (Fsp3) is 0.857. The van der Waals surface area contributed by atoms with Crippen LogP contribution in [-0.2, 0) is 4.79 Å². The zero-order chi connectivity index (χ0) is 14.3. The third-order valence-corrected chi connectivity index (χ3v) is 3.79. The van der Waals surface area contributed by atoms with Crippen molar-refractivity contribution in [3.05, 3.63) is 0 Å². The molecule has 0 bridgehead atoms. The minimum atomic E-state index is -0.0000636. The van der Waals surface area contributed by atoms with Crippen LogP contribution in [0.3, 0.4) is 0 Å². The van der Waals surface area contributed by atoms with Crippen molar-refractivity contribution in [1.82, 2.24) is 15.5 Å². The predicted octanol–water partition coefficient (Wildman–Crippen LogP) is 1.21. The molecule has 110 valence electrons. The van der Waals surface area contributed by atoms with E-state index in [1.54, 1.807) is 0 Å². The number of hydrogen-bond donors (Lipinski definition) is 2. The van der Waals surface area contributed by atoms with Gasteiger partial charge >= 0.3 is 0 Å². The Labute approximate surface area is 116 Å². The smallest absolute Gasteiger partial charge is 0.216 e. The standard InChI is InChI=1S/C14H28N4O/c1-5-14(4)7-10-18(11-14)13(15-6-2)17-9-8-16-12(3)19/h5-11H2,1-4H3,(H,15,17)(H,16,19). The number of likely N-dealkylation sites (tertiary alicyclic amines) is 1. The Morgan fingerprint density at radius 1 is 1.37 bits per heavy atom. The first-order valence-electron chi connectivity index (χ1n) is 7.28. The van der Waals surface area contributed by atoms with Crippen molar-refractivity contribution in [2.75, 3.05) is 32.7 Å². The Morgan fingerprint density at radius 2 is 2.11 bits per heavy atom. The molecule has 0 spiro atoms. The van der Waals surface area contributed by atoms with Gasteiger partial charge < -0.3 is 15.5 Å². The van der Waals surface area contributed by atoms with Crippen molar-refractivity contribution < 1.29 is 4.79 Å². The molecule has 1 unspecified atom stereocenters. The van der Waals surface area contributed by atoms with E-state index in [-0.39, 0.29) is 5.91 Å². The number of nitrogens with zero attached hydrogens (tertiary/aromatic N) is 2. The lowest BCUT2D eigenvalue weighted by Crippen LogP contribution is -2.41. The number of guanidine groups is 1. The van der Waals surface area contributed by atoms with Crippen molar-refractivity contribution in [3.63, 3.8) is 0 Å². The number of aliphatic imine (C=N–C) groups is 1. The number of nitrogens with one attached hydrogen (secondary N) is 2. The molecule has 1 saturated heterocycles. The topological polar surface area (TPSA) is 56.7 Å². The summed E-state index contributed by atoms with van der Waals surface area (Å²) < 4.78 is 0. The second-order valence-electron chi connectivity index (χ2n) is 5.55. The minimum absolute atomic E-state index is 0.0000636. The van der Waals surface area contributed by atoms with Crippen molar-refractivity contribution in [2.45, 2.75) is 40.5 Å². The van der Waals surface area contributed by atoms with E-state index in [4.69, 9.17) is 0 Å². The highest BCUT2D eigenvalue weighted by Gasteiger charge is 2.33. The molecule has 0 aromatic heterocycles. The van der Waals surface area contributed by atoms with Crippen LogP contribution in [0.25, 0.3) is 0 Å². The van der Waals surface area contributed by atoms with Crippen molar-refractivity contribution in [3.8, 4) is 0 Å². The van der Waals surface area contributed by atoms with Crippen molar-refractivity contribution in [2.24, 2.45) is 10.4 Å². The lowest BCUT2D eigenvalue weighted by Gasteiger charge is -2.25. The van der Waals surface area contributed by atoms with E-state index in [9.17, 15) is 4.79 Å². The molecule has 0 saturated carbocycles. The Bertz CT molecular complexity index is 329. The molecule has 1 aliphatic heterocycles. The van der Waals surface area contributed by atoms with Gasteiger partial charge in [0.2, 0.25) is 5.91 Å². The van der Waals surface area contributed by atoms with Gasteiger partial charge in [0.25, 0.3) is 0 Å². The first kappa shape index (κ1) is 15.8. The summed E-state index contributed by atoms with van der Waals surface area (Å²) in [6.07, 6.45) is 2.43. The predicted molar refractivity (Wildman–Crippen MR) is 79.3 cm³/mol. The molecule has 1 heterocycles. The Kier molecular flexibility index (Phi) is 6.12. The third kappa shape index (κ3) is 5.09. The van der Waals surface area contributed by atoms with Crippen LogP contribution in [0.1, 0.15) is 40.5 Å². The molecule has 5 heteroatoms. The number of hydrogen-bond acceptors (Lipinski definition) is 2. The van der Waals surface area contributed by atoms with Crippen LogP contribution in [0.4, 0.5) is 0 Å². The summed E-state index contributed by atoms with van der Waals surface area (Å²) in [5.74, 6) is 0.977. The number of amides is 1. The van der Waals surface area contributed by atoms with Crippen LogP contribution in [0.2, 0.25) is 0 Å². The van der Waals surface area contributed by atoms with E-state index in [1.807, 2.05) is 0 Å². The van der Waals surface area contributed by atoms with Gasteiger partial charge in [0.1, 0.15) is 0 Å². The van der Waals surface area contributed by atoms with Crippen LogP contribution in [-0.4, -0.2) is 49.5 Å². The first-order valence-corrected chi connectivity index (χ1v) is 7.28. The monoisotopic (exact) mass is 268 g/mol. The average Bonchev–Trinajstić information content (AvgIpc) is 2.76. The molecule has 0 aromatic rings. The van der Waals surface area contributed by atoms with Gasteiger partial charge in [-0.3, -0.25) is 9.79 Å². The summed E-state index contributed by atoms with van der Waals surface area (Å²) in [5.41, 5.74) is 0.411. The van der Waals surface area contributed by atoms with Gasteiger partial charge in [-0.1, -0.05) is 13.8 Å². The molecule has 1 rings (SSSR count). The van der Waals surface area contributed by atoms with E-state index in [0.29, 0.717) is 18.5 Å². The third-order valence-electron chi connectivity index (χ3n) is 3.79. The molecule has 5 nitrogen and oxygen atoms in total. The van der Waals surface area contributed by atoms with Gasteiger partial charge in [-0.15, -0.1) is 0 Å². The summed E-state index contributed by atoms with van der Waals surface area (Å²) in [6, 6.07) is 0. The zero-order valence-electron chi connectivity index (χ0n) is 12.8. The van der Waals surface area contributed by atoms with Gasteiger partial charge in [-0.05, 0) is 25.2 Å². The highest BCUT2D eigenvalue weighted by molar-refractivity contribution is 5.80. The fourth-order valence-corrected chi connectivity index (χ4v) is 2.31. The van der Waals surface area contributed by atoms with Gasteiger partial charge in [0.05, 0.1) is 6.54 Å². The molecular weight excluding hydrogens is 240 g/mol. The molecule has 1 atom stereocenters. The normalized spacial score (nSPS) is 23.6. The molecule has 2 N–H and O–H groups in total. The van der Waals surface area contributed by atoms with E-state index < -0.39 is 0 Å². The summed E-state index contributed by atoms with van der Waals surface area (Å²) in [7, 11) is 0. The van der Waals surface area contributed by atoms with Gasteiger partial charge in [-0.2, -0.15) is 0 Å². The Hall–Kier alpha value is -1.26. The van der Waals surface area contributed by atoms with E-state index in [2.05, 4.69) is 41.3 Å². The molecule has 1 amide bonds. The summed E-state index contributed by atoms with van der Waals surface area (Å²) >= 11 is 0. The highest BCUT2D eigenvalue weighted by Crippen LogP contribution is 2.32. The van der Waals surface area contributed by atoms with Crippen LogP contribution >= 0.6 is 0 Å². The zero-order valence-corrected chi connectivity index (χ0v) is 12.8. The van der Waals surface area contributed by atoms with Crippen molar-refractivity contribution >= 4 is 11.9 Å². The Morgan fingerprint density at radius 3 is 2.63 bits per heavy atom. The number of carbonyl (C=O) groups is 1. The summed E-state index contributed by atoms with van der Waals surface area (Å²) in [5, 5.41) is 6.11. The molecule has 19 heavy (non-hydrogen) atoms. The first-order chi connectivity index (χ1) is 9.00. The number of rotatable bonds is 5. The van der Waals surface area contributed by atoms with Crippen LogP contribution in [0.5, 0.6) is 0 Å². The maximum Gasteiger partial charge on any atom is 0.216 e. The minimum Gasteiger partial charge on any atom is -0.357 e. The molecule has 1 fully saturated rings. The molecule has 0 radical (unpaired) electrons. The summed E-state index contributed by atoms with van der Waals surface area (Å²) in [6.45, 7) is 12.4. The van der Waals surface area contributed by atoms with Gasteiger partial charge in [0, 0.05) is 33.1 Å². The molecule has 1 aliphatic rings. The lowest BCUT2D eigenvalue weighted by atomic mass is 9.87. The molecule has 0 aliphatic carbocycles. The van der Waals surface area contributed by atoms with Gasteiger partial charge in [-0.25, -0.2) is 0 Å². The van der Waals surface area contributed by atoms with Crippen LogP contribution < -0.4 is 10.6 Å². The van der Waals surface area contributed by atoms with E-state index in [1.165, 1.54) is 19.8 Å². The largest absolute Gasteiger partial charge is 0.357 e. The molecular formula is C14H28N4O. The average molecular weight is 268 g/mol. The quantitative estimate of drug-likeness (QED) is 0.448. The van der Waals surface area contributed by atoms with Crippen LogP contribution in [0.15, 0.2) is 4.99 Å². The molecule has 0 aromatic carbocycles. The second kappa shape index (κ2) is 7.36. The highest BCUT2D eigenvalue weighted by atomic mass is 16.1. The van der Waals surface area contributed by atoms with Gasteiger partial charge in [0.15, 0.2) is 5.96 Å². The SMILES string of the molecule is CCNC(=NCCNC(C)=O)N1CCC(C)(CC)C1. The maximum absolute atomic E-state index is 10.8. The summed E-state index contributed by atoms with van der Waals surface area (Å²) in [4.78, 5) is 17.7. The number of carbonyl (C=O) groups excluding carboxylic acids is 1. The van der Waals surface area contributed by atoms with Crippen LogP contribution in [0, 0.1) is 5.41 Å². The maximum atomic E-state index is 10.8. The lowest BCUT2D eigenvalue weighted by molar-refractivity contribution is -0.118. The van der Waals surface area contributed by atoms with E-state index >= 15 is 0 Å². The fourth-order valence-electron chi connectivity index (χ4n) is 2.31. The van der Waals surface area contributed by atoms with E-state index in [0.717, 1.165) is 25.6 Å². The second-order valence-corrected chi connectivity index (χ2v) is 5.55. The van der Waals surface area contributed by atoms with Crippen molar-refractivity contribution in [1.29, 1.82) is 0 Å². The Balaban J connectivity index is 2.52.